The molecule has 0 saturated carbocycles. The molecule has 1 heterocycles. The minimum Gasteiger partial charge on any atom is -0.497 e. The highest BCUT2D eigenvalue weighted by molar-refractivity contribution is 6.06. The van der Waals surface area contributed by atoms with Gasteiger partial charge in [-0.05, 0) is 57.5 Å². The molecule has 0 N–H and O–H groups in total. The van der Waals surface area contributed by atoms with Crippen molar-refractivity contribution in [1.82, 2.24) is 9.47 Å². The van der Waals surface area contributed by atoms with Crippen molar-refractivity contribution in [3.63, 3.8) is 0 Å². The summed E-state index contributed by atoms with van der Waals surface area (Å²) in [6.45, 7) is 11.7. The van der Waals surface area contributed by atoms with Gasteiger partial charge in [0.25, 0.3) is 5.91 Å². The standard InChI is InChI=1S/C24H30N2O5/c1-7-14-25(23(28)18-10-12-19(30-6)13-11-18)15-20(27)21-16(4)22(24(29)31-9-3)26(8-2)17(21)5/h7,10-13H,1,8-9,14-15H2,2-6H3. The Morgan fingerprint density at radius 3 is 2.29 bits per heavy atom. The molecule has 0 saturated heterocycles. The van der Waals surface area contributed by atoms with Crippen molar-refractivity contribution in [3.8, 4) is 5.75 Å². The van der Waals surface area contributed by atoms with E-state index in [2.05, 4.69) is 6.58 Å². The number of amides is 1. The van der Waals surface area contributed by atoms with Crippen LogP contribution in [0.5, 0.6) is 5.75 Å². The van der Waals surface area contributed by atoms with Gasteiger partial charge in [0.2, 0.25) is 0 Å². The zero-order valence-electron chi connectivity index (χ0n) is 18.9. The van der Waals surface area contributed by atoms with Crippen molar-refractivity contribution in [1.29, 1.82) is 0 Å². The number of rotatable bonds is 10. The number of ketones is 1. The van der Waals surface area contributed by atoms with Crippen LogP contribution in [-0.4, -0.2) is 53.9 Å². The van der Waals surface area contributed by atoms with Crippen LogP contribution in [0, 0.1) is 13.8 Å². The van der Waals surface area contributed by atoms with Crippen molar-refractivity contribution in [2.75, 3.05) is 26.8 Å². The van der Waals surface area contributed by atoms with E-state index >= 15 is 0 Å². The van der Waals surface area contributed by atoms with Crippen LogP contribution >= 0.6 is 0 Å². The van der Waals surface area contributed by atoms with E-state index in [0.29, 0.717) is 40.4 Å². The minimum absolute atomic E-state index is 0.130. The summed E-state index contributed by atoms with van der Waals surface area (Å²) in [7, 11) is 1.55. The number of nitrogens with zero attached hydrogens (tertiary/aromatic N) is 2. The number of methoxy groups -OCH3 is 1. The molecule has 2 rings (SSSR count). The molecule has 7 heteroatoms. The maximum absolute atomic E-state index is 13.3. The fourth-order valence-corrected chi connectivity index (χ4v) is 3.71. The Kier molecular flexibility index (Phi) is 8.19. The Balaban J connectivity index is 2.37. The number of benzene rings is 1. The normalized spacial score (nSPS) is 10.5. The van der Waals surface area contributed by atoms with Crippen LogP contribution in [0.1, 0.15) is 56.3 Å². The summed E-state index contributed by atoms with van der Waals surface area (Å²) in [6.07, 6.45) is 1.58. The quantitative estimate of drug-likeness (QED) is 0.328. The van der Waals surface area contributed by atoms with Gasteiger partial charge in [-0.2, -0.15) is 0 Å². The van der Waals surface area contributed by atoms with Gasteiger partial charge in [-0.15, -0.1) is 6.58 Å². The van der Waals surface area contributed by atoms with Gasteiger partial charge in [0.05, 0.1) is 20.3 Å². The van der Waals surface area contributed by atoms with E-state index in [4.69, 9.17) is 9.47 Å². The number of ether oxygens (including phenoxy) is 2. The van der Waals surface area contributed by atoms with E-state index < -0.39 is 5.97 Å². The lowest BCUT2D eigenvalue weighted by molar-refractivity contribution is 0.0512. The van der Waals surface area contributed by atoms with Crippen molar-refractivity contribution in [2.24, 2.45) is 0 Å². The number of esters is 1. The molecule has 0 fully saturated rings. The number of carbonyl (C=O) groups excluding carboxylic acids is 3. The fraction of sp³-hybridized carbons (Fsp3) is 0.375. The van der Waals surface area contributed by atoms with E-state index in [1.807, 2.05) is 6.92 Å². The van der Waals surface area contributed by atoms with Crippen LogP contribution in [0.15, 0.2) is 36.9 Å². The summed E-state index contributed by atoms with van der Waals surface area (Å²) < 4.78 is 12.1. The number of carbonyl (C=O) groups is 3. The largest absolute Gasteiger partial charge is 0.497 e. The number of aromatic nitrogens is 1. The van der Waals surface area contributed by atoms with Crippen molar-refractivity contribution < 1.29 is 23.9 Å². The predicted molar refractivity (Wildman–Crippen MR) is 119 cm³/mol. The number of hydrogen-bond donors (Lipinski definition) is 0. The zero-order valence-corrected chi connectivity index (χ0v) is 18.9. The lowest BCUT2D eigenvalue weighted by atomic mass is 10.0. The zero-order chi connectivity index (χ0) is 23.1. The van der Waals surface area contributed by atoms with Crippen LogP contribution < -0.4 is 4.74 Å². The summed E-state index contributed by atoms with van der Waals surface area (Å²) >= 11 is 0. The van der Waals surface area contributed by atoms with Crippen LogP contribution in [0.3, 0.4) is 0 Å². The van der Waals surface area contributed by atoms with Crippen molar-refractivity contribution in [3.05, 3.63) is 65.0 Å². The van der Waals surface area contributed by atoms with Crippen LogP contribution in [-0.2, 0) is 11.3 Å². The molecule has 1 amide bonds. The Morgan fingerprint density at radius 2 is 1.77 bits per heavy atom. The maximum atomic E-state index is 13.3. The first-order chi connectivity index (χ1) is 14.8. The van der Waals surface area contributed by atoms with Crippen molar-refractivity contribution in [2.45, 2.75) is 34.2 Å². The van der Waals surface area contributed by atoms with E-state index in [-0.39, 0.29) is 31.4 Å². The molecule has 1 aromatic carbocycles. The third kappa shape index (κ3) is 5.05. The van der Waals surface area contributed by atoms with Gasteiger partial charge in [0.15, 0.2) is 5.78 Å². The second-order valence-corrected chi connectivity index (χ2v) is 7.02. The summed E-state index contributed by atoms with van der Waals surface area (Å²) in [5.41, 5.74) is 2.52. The minimum atomic E-state index is -0.457. The Morgan fingerprint density at radius 1 is 1.13 bits per heavy atom. The van der Waals surface area contributed by atoms with E-state index in [0.717, 1.165) is 0 Å². The first-order valence-electron chi connectivity index (χ1n) is 10.2. The smallest absolute Gasteiger partial charge is 0.355 e. The topological polar surface area (TPSA) is 77.8 Å². The second-order valence-electron chi connectivity index (χ2n) is 7.02. The molecule has 0 aliphatic heterocycles. The highest BCUT2D eigenvalue weighted by atomic mass is 16.5. The summed E-state index contributed by atoms with van der Waals surface area (Å²) in [5, 5.41) is 0. The van der Waals surface area contributed by atoms with E-state index in [9.17, 15) is 14.4 Å². The molecule has 7 nitrogen and oxygen atoms in total. The molecule has 0 radical (unpaired) electrons. The SMILES string of the molecule is C=CCN(CC(=O)c1c(C)c(C(=O)OCC)n(CC)c1C)C(=O)c1ccc(OC)cc1. The summed E-state index contributed by atoms with van der Waals surface area (Å²) in [4.78, 5) is 40.1. The third-order valence-corrected chi connectivity index (χ3v) is 5.14. The molecule has 1 aromatic heterocycles. The lowest BCUT2D eigenvalue weighted by Gasteiger charge is -2.21. The van der Waals surface area contributed by atoms with Gasteiger partial charge in [-0.3, -0.25) is 9.59 Å². The molecule has 0 atom stereocenters. The molecule has 2 aromatic rings. The van der Waals surface area contributed by atoms with Gasteiger partial charge >= 0.3 is 5.97 Å². The Labute approximate surface area is 183 Å². The van der Waals surface area contributed by atoms with Gasteiger partial charge in [0.1, 0.15) is 11.4 Å². The molecule has 0 bridgehead atoms. The molecule has 31 heavy (non-hydrogen) atoms. The molecule has 0 aliphatic rings. The first-order valence-corrected chi connectivity index (χ1v) is 10.2. The average Bonchev–Trinajstić information content (AvgIpc) is 3.02. The highest BCUT2D eigenvalue weighted by Crippen LogP contribution is 2.24. The first kappa shape index (κ1) is 23.9. The molecule has 0 spiro atoms. The fourth-order valence-electron chi connectivity index (χ4n) is 3.71. The Hall–Kier alpha value is -3.35. The average molecular weight is 427 g/mol. The van der Waals surface area contributed by atoms with E-state index in [1.165, 1.54) is 4.90 Å². The third-order valence-electron chi connectivity index (χ3n) is 5.14. The van der Waals surface area contributed by atoms with Crippen LogP contribution in [0.4, 0.5) is 0 Å². The molecule has 0 aliphatic carbocycles. The van der Waals surface area contributed by atoms with E-state index in [1.54, 1.807) is 62.8 Å². The predicted octanol–water partition coefficient (Wildman–Crippen LogP) is 3.82. The molecular formula is C24H30N2O5. The van der Waals surface area contributed by atoms with Gasteiger partial charge < -0.3 is 18.9 Å². The van der Waals surface area contributed by atoms with Gasteiger partial charge in [-0.1, -0.05) is 6.08 Å². The summed E-state index contributed by atoms with van der Waals surface area (Å²) in [5.74, 6) is -0.342. The van der Waals surface area contributed by atoms with Crippen LogP contribution in [0.25, 0.3) is 0 Å². The Bertz CT molecular complexity index is 973. The molecule has 0 unspecified atom stereocenters. The lowest BCUT2D eigenvalue weighted by Crippen LogP contribution is -2.36. The molecule has 166 valence electrons. The summed E-state index contributed by atoms with van der Waals surface area (Å²) in [6, 6.07) is 6.71. The van der Waals surface area contributed by atoms with Crippen molar-refractivity contribution >= 4 is 17.7 Å². The maximum Gasteiger partial charge on any atom is 0.355 e. The van der Waals surface area contributed by atoms with Crippen LogP contribution in [0.2, 0.25) is 0 Å². The highest BCUT2D eigenvalue weighted by Gasteiger charge is 2.28. The van der Waals surface area contributed by atoms with Gasteiger partial charge in [-0.25, -0.2) is 4.79 Å². The van der Waals surface area contributed by atoms with Gasteiger partial charge in [0, 0.05) is 29.9 Å². The second kappa shape index (κ2) is 10.6. The monoisotopic (exact) mass is 426 g/mol. The number of Topliss-reactive ketones (excluding diaryl/α,β-unsaturated/α-hetero) is 1. The molecular weight excluding hydrogens is 396 g/mol. The number of hydrogen-bond acceptors (Lipinski definition) is 5.